The van der Waals surface area contributed by atoms with Crippen molar-refractivity contribution in [3.63, 3.8) is 0 Å². The molecule has 2 nitrogen and oxygen atoms in total. The molecule has 1 unspecified atom stereocenters. The predicted octanol–water partition coefficient (Wildman–Crippen LogP) is 1.25. The molecule has 1 atom stereocenters. The van der Waals surface area contributed by atoms with Crippen LogP contribution in [0.4, 0.5) is 0 Å². The fraction of sp³-hybridized carbons (Fsp3) is 0.556. The van der Waals surface area contributed by atoms with Crippen LogP contribution in [-0.2, 0) is 0 Å². The van der Waals surface area contributed by atoms with E-state index >= 15 is 0 Å². The van der Waals surface area contributed by atoms with E-state index in [4.69, 9.17) is 10.2 Å². The minimum Gasteiger partial charge on any atom is -0.393 e. The van der Waals surface area contributed by atoms with Crippen LogP contribution in [0.25, 0.3) is 0 Å². The van der Waals surface area contributed by atoms with Gasteiger partial charge in [0.1, 0.15) is 0 Å². The molecule has 2 N–H and O–H groups in total. The minimum absolute atomic E-state index is 0.00204. The van der Waals surface area contributed by atoms with Crippen LogP contribution in [-0.4, -0.2) is 22.9 Å². The predicted molar refractivity (Wildman–Crippen MR) is 46.3 cm³/mol. The second-order valence-electron chi connectivity index (χ2n) is 2.75. The van der Waals surface area contributed by atoms with E-state index < -0.39 is 0 Å². The van der Waals surface area contributed by atoms with Gasteiger partial charge in [0.25, 0.3) is 0 Å². The van der Waals surface area contributed by atoms with Gasteiger partial charge in [-0.1, -0.05) is 18.2 Å². The maximum atomic E-state index is 8.92. The molecular weight excluding hydrogens is 140 g/mol. The zero-order chi connectivity index (χ0) is 8.85. The molecule has 2 heteroatoms. The van der Waals surface area contributed by atoms with Gasteiger partial charge in [-0.25, -0.2) is 0 Å². The van der Waals surface area contributed by atoms with E-state index in [1.165, 1.54) is 0 Å². The van der Waals surface area contributed by atoms with Crippen LogP contribution in [0.2, 0.25) is 0 Å². The number of aliphatic hydroxyl groups excluding tert-OH is 2. The number of hydrogen-bond acceptors (Lipinski definition) is 2. The molecule has 0 bridgehead atoms. The highest BCUT2D eigenvalue weighted by atomic mass is 16.3. The van der Waals surface area contributed by atoms with E-state index in [-0.39, 0.29) is 12.7 Å². The van der Waals surface area contributed by atoms with Crippen LogP contribution < -0.4 is 0 Å². The van der Waals surface area contributed by atoms with Gasteiger partial charge in [-0.05, 0) is 25.8 Å². The van der Waals surface area contributed by atoms with Crippen LogP contribution in [0.5, 0.6) is 0 Å². The summed E-state index contributed by atoms with van der Waals surface area (Å²) in [5.74, 6) is 0. The van der Waals surface area contributed by atoms with E-state index in [1.807, 2.05) is 13.0 Å². The fourth-order valence-electron chi connectivity index (χ4n) is 0.687. The van der Waals surface area contributed by atoms with Crippen molar-refractivity contribution in [1.29, 1.82) is 0 Å². The van der Waals surface area contributed by atoms with Gasteiger partial charge >= 0.3 is 0 Å². The summed E-state index contributed by atoms with van der Waals surface area (Å²) in [6.07, 6.45) is 2.03. The summed E-state index contributed by atoms with van der Waals surface area (Å²) in [6, 6.07) is 0. The van der Waals surface area contributed by atoms with Crippen LogP contribution in [0, 0.1) is 0 Å². The Morgan fingerprint density at radius 2 is 2.18 bits per heavy atom. The third-order valence-corrected chi connectivity index (χ3v) is 1.42. The molecule has 0 amide bonds. The lowest BCUT2D eigenvalue weighted by Crippen LogP contribution is -1.99. The van der Waals surface area contributed by atoms with E-state index in [2.05, 4.69) is 6.58 Å². The normalized spacial score (nSPS) is 14.7. The first-order valence-electron chi connectivity index (χ1n) is 3.71. The second-order valence-corrected chi connectivity index (χ2v) is 2.75. The number of rotatable bonds is 4. The quantitative estimate of drug-likeness (QED) is 0.601. The van der Waals surface area contributed by atoms with Crippen LogP contribution in [0.3, 0.4) is 0 Å². The molecule has 0 saturated carbocycles. The molecule has 0 rings (SSSR count). The Hall–Kier alpha value is -0.600. The molecule has 0 spiro atoms. The van der Waals surface area contributed by atoms with E-state index in [0.29, 0.717) is 6.42 Å². The van der Waals surface area contributed by atoms with Crippen molar-refractivity contribution in [2.45, 2.75) is 26.4 Å². The van der Waals surface area contributed by atoms with Crippen molar-refractivity contribution in [3.05, 3.63) is 23.8 Å². The van der Waals surface area contributed by atoms with E-state index in [9.17, 15) is 0 Å². The summed E-state index contributed by atoms with van der Waals surface area (Å²) in [5, 5.41) is 17.7. The lowest BCUT2D eigenvalue weighted by Gasteiger charge is -2.03. The zero-order valence-electron chi connectivity index (χ0n) is 7.17. The lowest BCUT2D eigenvalue weighted by atomic mass is 10.1. The molecule has 0 aliphatic rings. The first-order chi connectivity index (χ1) is 5.07. The summed E-state index contributed by atoms with van der Waals surface area (Å²) >= 11 is 0. The van der Waals surface area contributed by atoms with Gasteiger partial charge in [0.05, 0.1) is 12.7 Å². The van der Waals surface area contributed by atoms with Gasteiger partial charge < -0.3 is 10.2 Å². The SMILES string of the molecule is C=C(C)C(=CCC(C)O)CO. The Labute approximate surface area is 67.9 Å². The van der Waals surface area contributed by atoms with Crippen molar-refractivity contribution < 1.29 is 10.2 Å². The van der Waals surface area contributed by atoms with Crippen molar-refractivity contribution >= 4 is 0 Å². The Morgan fingerprint density at radius 3 is 2.45 bits per heavy atom. The summed E-state index contributed by atoms with van der Waals surface area (Å²) in [5.41, 5.74) is 1.67. The molecule has 64 valence electrons. The third-order valence-electron chi connectivity index (χ3n) is 1.42. The van der Waals surface area contributed by atoms with Gasteiger partial charge in [0, 0.05) is 0 Å². The summed E-state index contributed by atoms with van der Waals surface area (Å²) < 4.78 is 0. The topological polar surface area (TPSA) is 40.5 Å². The summed E-state index contributed by atoms with van der Waals surface area (Å²) in [6.45, 7) is 7.25. The van der Waals surface area contributed by atoms with Crippen molar-refractivity contribution in [2.75, 3.05) is 6.61 Å². The van der Waals surface area contributed by atoms with E-state index in [1.54, 1.807) is 6.92 Å². The van der Waals surface area contributed by atoms with Crippen LogP contribution >= 0.6 is 0 Å². The smallest absolute Gasteiger partial charge is 0.0681 e. The number of aliphatic hydroxyl groups is 2. The third kappa shape index (κ3) is 4.76. The highest BCUT2D eigenvalue weighted by molar-refractivity contribution is 5.26. The standard InChI is InChI=1S/C9H16O2/c1-7(2)9(6-10)5-4-8(3)11/h5,8,10-11H,1,4,6H2,2-3H3. The monoisotopic (exact) mass is 156 g/mol. The molecule has 0 fully saturated rings. The van der Waals surface area contributed by atoms with Gasteiger partial charge in [0.15, 0.2) is 0 Å². The Bertz CT molecular complexity index is 157. The average molecular weight is 156 g/mol. The Balaban J connectivity index is 4.02. The average Bonchev–Trinajstić information content (AvgIpc) is 1.87. The van der Waals surface area contributed by atoms with Crippen molar-refractivity contribution in [3.8, 4) is 0 Å². The van der Waals surface area contributed by atoms with Gasteiger partial charge in [-0.3, -0.25) is 0 Å². The van der Waals surface area contributed by atoms with E-state index in [0.717, 1.165) is 11.1 Å². The molecule has 11 heavy (non-hydrogen) atoms. The number of hydrogen-bond donors (Lipinski definition) is 2. The van der Waals surface area contributed by atoms with Gasteiger partial charge in [-0.15, -0.1) is 0 Å². The van der Waals surface area contributed by atoms with Crippen LogP contribution in [0.15, 0.2) is 23.8 Å². The summed E-state index contributed by atoms with van der Waals surface area (Å²) in [4.78, 5) is 0. The highest BCUT2D eigenvalue weighted by Gasteiger charge is 1.97. The highest BCUT2D eigenvalue weighted by Crippen LogP contribution is 2.07. The Kier molecular flexibility index (Phi) is 4.83. The molecule has 0 saturated heterocycles. The summed E-state index contributed by atoms with van der Waals surface area (Å²) in [7, 11) is 0. The first kappa shape index (κ1) is 10.4. The molecular formula is C9H16O2. The molecule has 0 aromatic rings. The lowest BCUT2D eigenvalue weighted by molar-refractivity contribution is 0.198. The molecule has 0 aromatic carbocycles. The van der Waals surface area contributed by atoms with Crippen LogP contribution in [0.1, 0.15) is 20.3 Å². The molecule has 0 radical (unpaired) electrons. The molecule has 0 aliphatic carbocycles. The first-order valence-corrected chi connectivity index (χ1v) is 3.71. The second kappa shape index (κ2) is 5.10. The van der Waals surface area contributed by atoms with Crippen molar-refractivity contribution in [1.82, 2.24) is 0 Å². The fourth-order valence-corrected chi connectivity index (χ4v) is 0.687. The van der Waals surface area contributed by atoms with Gasteiger partial charge in [0.2, 0.25) is 0 Å². The van der Waals surface area contributed by atoms with Gasteiger partial charge in [-0.2, -0.15) is 0 Å². The molecule has 0 aromatic heterocycles. The zero-order valence-corrected chi connectivity index (χ0v) is 7.17. The van der Waals surface area contributed by atoms with Crippen molar-refractivity contribution in [2.24, 2.45) is 0 Å². The largest absolute Gasteiger partial charge is 0.393 e. The maximum absolute atomic E-state index is 8.92. The molecule has 0 heterocycles. The Morgan fingerprint density at radius 1 is 1.64 bits per heavy atom. The molecule has 0 aliphatic heterocycles. The maximum Gasteiger partial charge on any atom is 0.0681 e. The minimum atomic E-state index is -0.351.